The number of nitrogens with zero attached hydrogens (tertiary/aromatic N) is 6. The van der Waals surface area contributed by atoms with Crippen molar-refractivity contribution in [3.8, 4) is 5.75 Å². The summed E-state index contributed by atoms with van der Waals surface area (Å²) in [7, 11) is 1.68. The normalized spacial score (nSPS) is 16.4. The summed E-state index contributed by atoms with van der Waals surface area (Å²) in [5.74, 6) is 1.38. The Kier molecular flexibility index (Phi) is 5.91. The lowest BCUT2D eigenvalue weighted by Gasteiger charge is -2.40. The predicted octanol–water partition coefficient (Wildman–Crippen LogP) is 3.49. The number of piperazine rings is 1. The van der Waals surface area contributed by atoms with Crippen molar-refractivity contribution in [2.75, 3.05) is 38.2 Å². The van der Waals surface area contributed by atoms with E-state index in [1.165, 1.54) is 17.8 Å². The van der Waals surface area contributed by atoms with E-state index in [1.54, 1.807) is 7.11 Å². The molecule has 1 aliphatic heterocycles. The Morgan fingerprint density at radius 1 is 0.935 bits per heavy atom. The molecule has 31 heavy (non-hydrogen) atoms. The van der Waals surface area contributed by atoms with Crippen LogP contribution in [0.25, 0.3) is 0 Å². The average molecular weight is 425 g/mol. The molecule has 2 heterocycles. The molecule has 2 aromatic carbocycles. The van der Waals surface area contributed by atoms with Gasteiger partial charge in [-0.1, -0.05) is 12.1 Å². The summed E-state index contributed by atoms with van der Waals surface area (Å²) in [6.45, 7) is 9.67. The molecule has 0 N–H and O–H groups in total. The highest BCUT2D eigenvalue weighted by Gasteiger charge is 2.33. The van der Waals surface area contributed by atoms with Gasteiger partial charge in [-0.05, 0) is 73.2 Å². The van der Waals surface area contributed by atoms with Gasteiger partial charge in [0, 0.05) is 31.9 Å². The number of ether oxygens (including phenoxy) is 1. The molecule has 3 aromatic rings. The standard InChI is InChI=1S/C23H29FN6O/c1-23(2,3)30-22(25-26-27-30)21(17-5-7-18(24)8-6-17)29-15-13-28(14-16-29)19-9-11-20(31-4)12-10-19/h5-12,21H,13-16H2,1-4H3/t21-/m0/s1. The topological polar surface area (TPSA) is 59.3 Å². The summed E-state index contributed by atoms with van der Waals surface area (Å²) in [5, 5.41) is 12.6. The van der Waals surface area contributed by atoms with Crippen molar-refractivity contribution in [1.29, 1.82) is 0 Å². The monoisotopic (exact) mass is 424 g/mol. The van der Waals surface area contributed by atoms with E-state index in [2.05, 4.69) is 58.2 Å². The lowest BCUT2D eigenvalue weighted by molar-refractivity contribution is 0.191. The summed E-state index contributed by atoms with van der Waals surface area (Å²) in [6, 6.07) is 14.7. The molecule has 1 aromatic heterocycles. The third-order valence-electron chi connectivity index (χ3n) is 5.68. The minimum Gasteiger partial charge on any atom is -0.497 e. The summed E-state index contributed by atoms with van der Waals surface area (Å²) in [5.41, 5.74) is 1.90. The molecule has 7 nitrogen and oxygen atoms in total. The van der Waals surface area contributed by atoms with Crippen LogP contribution in [0.15, 0.2) is 48.5 Å². The highest BCUT2D eigenvalue weighted by atomic mass is 19.1. The molecule has 0 amide bonds. The second kappa shape index (κ2) is 8.63. The van der Waals surface area contributed by atoms with Crippen LogP contribution in [0.1, 0.15) is 38.2 Å². The number of hydrogen-bond acceptors (Lipinski definition) is 6. The lowest BCUT2D eigenvalue weighted by atomic mass is 10.0. The van der Waals surface area contributed by atoms with Crippen molar-refractivity contribution in [1.82, 2.24) is 25.1 Å². The van der Waals surface area contributed by atoms with Gasteiger partial charge < -0.3 is 9.64 Å². The van der Waals surface area contributed by atoms with Crippen LogP contribution >= 0.6 is 0 Å². The largest absolute Gasteiger partial charge is 0.497 e. The van der Waals surface area contributed by atoms with Crippen molar-refractivity contribution in [2.45, 2.75) is 32.4 Å². The number of halogens is 1. The molecule has 0 aliphatic carbocycles. The summed E-state index contributed by atoms with van der Waals surface area (Å²) < 4.78 is 20.8. The van der Waals surface area contributed by atoms with Gasteiger partial charge in [-0.3, -0.25) is 4.90 Å². The van der Waals surface area contributed by atoms with Crippen LogP contribution in [0.3, 0.4) is 0 Å². The molecule has 0 spiro atoms. The number of tetrazole rings is 1. The molecule has 0 radical (unpaired) electrons. The van der Waals surface area contributed by atoms with Crippen LogP contribution in [0.5, 0.6) is 5.75 Å². The van der Waals surface area contributed by atoms with E-state index in [1.807, 2.05) is 28.9 Å². The predicted molar refractivity (Wildman–Crippen MR) is 118 cm³/mol. The number of benzene rings is 2. The van der Waals surface area contributed by atoms with Gasteiger partial charge in [0.2, 0.25) is 0 Å². The zero-order valence-corrected chi connectivity index (χ0v) is 18.5. The second-order valence-corrected chi connectivity index (χ2v) is 8.79. The van der Waals surface area contributed by atoms with Gasteiger partial charge in [-0.25, -0.2) is 9.07 Å². The van der Waals surface area contributed by atoms with Crippen LogP contribution < -0.4 is 9.64 Å². The van der Waals surface area contributed by atoms with Gasteiger partial charge in [0.1, 0.15) is 11.6 Å². The van der Waals surface area contributed by atoms with Crippen LogP contribution in [-0.2, 0) is 5.54 Å². The van der Waals surface area contributed by atoms with Crippen LogP contribution in [0.2, 0.25) is 0 Å². The maximum atomic E-state index is 13.6. The van der Waals surface area contributed by atoms with E-state index in [9.17, 15) is 4.39 Å². The lowest BCUT2D eigenvalue weighted by Crippen LogP contribution is -2.48. The fourth-order valence-corrected chi connectivity index (χ4v) is 4.04. The number of rotatable bonds is 5. The second-order valence-electron chi connectivity index (χ2n) is 8.79. The van der Waals surface area contributed by atoms with Crippen LogP contribution in [0, 0.1) is 5.82 Å². The van der Waals surface area contributed by atoms with Crippen molar-refractivity contribution >= 4 is 5.69 Å². The van der Waals surface area contributed by atoms with E-state index < -0.39 is 0 Å². The molecular weight excluding hydrogens is 395 g/mol. The van der Waals surface area contributed by atoms with Gasteiger partial charge in [0.05, 0.1) is 18.7 Å². The summed E-state index contributed by atoms with van der Waals surface area (Å²) >= 11 is 0. The molecule has 0 unspecified atom stereocenters. The molecule has 0 saturated carbocycles. The Labute approximate surface area is 182 Å². The van der Waals surface area contributed by atoms with Crippen LogP contribution in [0.4, 0.5) is 10.1 Å². The molecule has 1 aliphatic rings. The Hall–Kier alpha value is -3.00. The highest BCUT2D eigenvalue weighted by molar-refractivity contribution is 5.49. The summed E-state index contributed by atoms with van der Waals surface area (Å²) in [6.07, 6.45) is 0. The van der Waals surface area contributed by atoms with E-state index in [0.717, 1.165) is 43.3 Å². The Morgan fingerprint density at radius 2 is 1.58 bits per heavy atom. The summed E-state index contributed by atoms with van der Waals surface area (Å²) in [4.78, 5) is 4.74. The van der Waals surface area contributed by atoms with E-state index in [4.69, 9.17) is 4.74 Å². The van der Waals surface area contributed by atoms with Crippen LogP contribution in [-0.4, -0.2) is 58.4 Å². The van der Waals surface area contributed by atoms with Crippen molar-refractivity contribution < 1.29 is 9.13 Å². The number of anilines is 1. The van der Waals surface area contributed by atoms with E-state index in [-0.39, 0.29) is 17.4 Å². The SMILES string of the molecule is COc1ccc(N2CCN([C@@H](c3ccc(F)cc3)c3nnnn3C(C)(C)C)CC2)cc1. The number of aromatic nitrogens is 4. The molecule has 164 valence electrons. The number of methoxy groups -OCH3 is 1. The maximum Gasteiger partial charge on any atom is 0.173 e. The first kappa shape index (κ1) is 21.2. The molecule has 0 bridgehead atoms. The smallest absolute Gasteiger partial charge is 0.173 e. The molecular formula is C23H29FN6O. The molecule has 1 saturated heterocycles. The fourth-order valence-electron chi connectivity index (χ4n) is 4.04. The maximum absolute atomic E-state index is 13.6. The Bertz CT molecular complexity index is 988. The molecule has 4 rings (SSSR count). The highest BCUT2D eigenvalue weighted by Crippen LogP contribution is 2.31. The molecule has 1 fully saturated rings. The minimum absolute atomic E-state index is 0.146. The average Bonchev–Trinajstić information content (AvgIpc) is 3.26. The Balaban J connectivity index is 1.60. The van der Waals surface area contributed by atoms with Gasteiger partial charge in [0.25, 0.3) is 0 Å². The van der Waals surface area contributed by atoms with Gasteiger partial charge in [-0.2, -0.15) is 0 Å². The first-order valence-corrected chi connectivity index (χ1v) is 10.5. The van der Waals surface area contributed by atoms with Crippen molar-refractivity contribution in [2.24, 2.45) is 0 Å². The van der Waals surface area contributed by atoms with Crippen molar-refractivity contribution in [3.63, 3.8) is 0 Å². The minimum atomic E-state index is -0.262. The third-order valence-corrected chi connectivity index (χ3v) is 5.68. The Morgan fingerprint density at radius 3 is 2.16 bits per heavy atom. The first-order valence-electron chi connectivity index (χ1n) is 10.5. The zero-order valence-electron chi connectivity index (χ0n) is 18.5. The quantitative estimate of drug-likeness (QED) is 0.625. The molecule has 8 heteroatoms. The van der Waals surface area contributed by atoms with Gasteiger partial charge in [0.15, 0.2) is 5.82 Å². The first-order chi connectivity index (χ1) is 14.9. The van der Waals surface area contributed by atoms with Gasteiger partial charge >= 0.3 is 0 Å². The van der Waals surface area contributed by atoms with E-state index in [0.29, 0.717) is 0 Å². The zero-order chi connectivity index (χ0) is 22.0. The molecule has 1 atom stereocenters. The van der Waals surface area contributed by atoms with E-state index >= 15 is 0 Å². The number of hydrogen-bond donors (Lipinski definition) is 0. The fraction of sp³-hybridized carbons (Fsp3) is 0.435. The van der Waals surface area contributed by atoms with Gasteiger partial charge in [-0.15, -0.1) is 5.10 Å². The van der Waals surface area contributed by atoms with Crippen molar-refractivity contribution in [3.05, 3.63) is 65.7 Å². The third kappa shape index (κ3) is 4.54.